The molecule has 126 valence electrons. The van der Waals surface area contributed by atoms with Gasteiger partial charge in [0.05, 0.1) is 18.3 Å². The van der Waals surface area contributed by atoms with Gasteiger partial charge in [-0.2, -0.15) is 0 Å². The number of rotatable bonds is 4. The summed E-state index contributed by atoms with van der Waals surface area (Å²) >= 11 is 1.57. The van der Waals surface area contributed by atoms with Crippen molar-refractivity contribution in [3.63, 3.8) is 0 Å². The van der Waals surface area contributed by atoms with Crippen molar-refractivity contribution in [3.8, 4) is 5.75 Å². The molecule has 5 heteroatoms. The second-order valence-corrected chi connectivity index (χ2v) is 7.27. The fourth-order valence-electron chi connectivity index (χ4n) is 2.95. The van der Waals surface area contributed by atoms with Gasteiger partial charge in [-0.05, 0) is 42.3 Å². The first kappa shape index (κ1) is 15.8. The summed E-state index contributed by atoms with van der Waals surface area (Å²) < 4.78 is 7.46. The largest absolute Gasteiger partial charge is 0.492 e. The van der Waals surface area contributed by atoms with Crippen molar-refractivity contribution < 1.29 is 4.74 Å². The van der Waals surface area contributed by atoms with Gasteiger partial charge in [-0.3, -0.25) is 9.36 Å². The van der Waals surface area contributed by atoms with Crippen LogP contribution in [0.5, 0.6) is 5.75 Å². The molecule has 0 N–H and O–H groups in total. The lowest BCUT2D eigenvalue weighted by molar-refractivity contribution is 0.296. The zero-order valence-corrected chi connectivity index (χ0v) is 15.0. The molecular weight excluding hydrogens is 332 g/mol. The summed E-state index contributed by atoms with van der Waals surface area (Å²) in [6.07, 6.45) is 1.61. The number of hydrogen-bond acceptors (Lipinski definition) is 4. The summed E-state index contributed by atoms with van der Waals surface area (Å²) in [6, 6.07) is 14.2. The number of thiophene rings is 1. The minimum atomic E-state index is 0.00830. The molecule has 0 radical (unpaired) electrons. The second kappa shape index (κ2) is 6.33. The summed E-state index contributed by atoms with van der Waals surface area (Å²) in [6.45, 7) is 4.90. The van der Waals surface area contributed by atoms with E-state index in [0.29, 0.717) is 13.2 Å². The van der Waals surface area contributed by atoms with Crippen LogP contribution in [-0.4, -0.2) is 16.2 Å². The Morgan fingerprint density at radius 2 is 1.92 bits per heavy atom. The van der Waals surface area contributed by atoms with E-state index < -0.39 is 0 Å². The summed E-state index contributed by atoms with van der Waals surface area (Å²) in [5.41, 5.74) is 1.04. The summed E-state index contributed by atoms with van der Waals surface area (Å²) in [4.78, 5) is 19.0. The SMILES string of the molecule is Cc1sc2ncn(CCOc3ccc4ccccc4c3)c(=O)c2c1C. The Balaban J connectivity index is 1.53. The van der Waals surface area contributed by atoms with Gasteiger partial charge in [0.25, 0.3) is 5.56 Å². The molecule has 0 unspecified atom stereocenters. The molecule has 0 amide bonds. The van der Waals surface area contributed by atoms with Crippen molar-refractivity contribution in [2.24, 2.45) is 0 Å². The number of aryl methyl sites for hydroxylation is 2. The van der Waals surface area contributed by atoms with E-state index in [9.17, 15) is 4.79 Å². The minimum Gasteiger partial charge on any atom is -0.492 e. The fraction of sp³-hybridized carbons (Fsp3) is 0.200. The molecule has 0 aliphatic heterocycles. The quantitative estimate of drug-likeness (QED) is 0.551. The highest BCUT2D eigenvalue weighted by Gasteiger charge is 2.11. The first-order chi connectivity index (χ1) is 12.1. The van der Waals surface area contributed by atoms with Gasteiger partial charge in [0.2, 0.25) is 0 Å². The average Bonchev–Trinajstić information content (AvgIpc) is 2.92. The molecule has 0 aliphatic carbocycles. The molecule has 0 aliphatic rings. The maximum atomic E-state index is 12.7. The molecular formula is C20H18N2O2S. The Morgan fingerprint density at radius 1 is 1.12 bits per heavy atom. The Kier molecular flexibility index (Phi) is 4.01. The predicted molar refractivity (Wildman–Crippen MR) is 103 cm³/mol. The van der Waals surface area contributed by atoms with Crippen molar-refractivity contribution in [2.75, 3.05) is 6.61 Å². The lowest BCUT2D eigenvalue weighted by Gasteiger charge is -2.09. The molecule has 0 atom stereocenters. The van der Waals surface area contributed by atoms with E-state index >= 15 is 0 Å². The number of ether oxygens (including phenoxy) is 1. The first-order valence-electron chi connectivity index (χ1n) is 8.20. The highest BCUT2D eigenvalue weighted by molar-refractivity contribution is 7.18. The molecule has 0 spiro atoms. The van der Waals surface area contributed by atoms with Gasteiger partial charge in [0, 0.05) is 4.88 Å². The second-order valence-electron chi connectivity index (χ2n) is 6.06. The number of hydrogen-bond donors (Lipinski definition) is 0. The number of nitrogens with zero attached hydrogens (tertiary/aromatic N) is 2. The van der Waals surface area contributed by atoms with E-state index in [4.69, 9.17) is 4.74 Å². The van der Waals surface area contributed by atoms with Crippen molar-refractivity contribution in [1.82, 2.24) is 9.55 Å². The van der Waals surface area contributed by atoms with Gasteiger partial charge in [-0.1, -0.05) is 30.3 Å². The van der Waals surface area contributed by atoms with Crippen molar-refractivity contribution >= 4 is 32.3 Å². The van der Waals surface area contributed by atoms with Crippen LogP contribution in [0.15, 0.2) is 53.6 Å². The molecule has 2 aromatic heterocycles. The van der Waals surface area contributed by atoms with Crippen LogP contribution in [0.1, 0.15) is 10.4 Å². The van der Waals surface area contributed by atoms with Crippen LogP contribution in [0.4, 0.5) is 0 Å². The monoisotopic (exact) mass is 350 g/mol. The van der Waals surface area contributed by atoms with E-state index in [1.807, 2.05) is 44.2 Å². The predicted octanol–water partition coefficient (Wildman–Crippen LogP) is 4.31. The van der Waals surface area contributed by atoms with E-state index in [0.717, 1.165) is 31.8 Å². The highest BCUT2D eigenvalue weighted by atomic mass is 32.1. The van der Waals surface area contributed by atoms with E-state index in [1.54, 1.807) is 22.2 Å². The van der Waals surface area contributed by atoms with Gasteiger partial charge < -0.3 is 4.74 Å². The van der Waals surface area contributed by atoms with Crippen molar-refractivity contribution in [1.29, 1.82) is 0 Å². The van der Waals surface area contributed by atoms with Crippen LogP contribution in [0.3, 0.4) is 0 Å². The fourth-order valence-corrected chi connectivity index (χ4v) is 3.94. The summed E-state index contributed by atoms with van der Waals surface area (Å²) in [5, 5.41) is 3.06. The Bertz CT molecular complexity index is 1130. The van der Waals surface area contributed by atoms with Crippen LogP contribution in [-0.2, 0) is 6.54 Å². The third kappa shape index (κ3) is 2.91. The zero-order valence-electron chi connectivity index (χ0n) is 14.2. The first-order valence-corrected chi connectivity index (χ1v) is 9.02. The molecule has 2 heterocycles. The third-order valence-corrected chi connectivity index (χ3v) is 5.59. The molecule has 0 saturated carbocycles. The topological polar surface area (TPSA) is 44.1 Å². The van der Waals surface area contributed by atoms with Crippen LogP contribution in [0, 0.1) is 13.8 Å². The summed E-state index contributed by atoms with van der Waals surface area (Å²) in [5.74, 6) is 0.809. The molecule has 4 rings (SSSR count). The third-order valence-electron chi connectivity index (χ3n) is 4.48. The molecule has 0 saturated heterocycles. The van der Waals surface area contributed by atoms with Crippen LogP contribution < -0.4 is 10.3 Å². The van der Waals surface area contributed by atoms with Crippen molar-refractivity contribution in [3.05, 3.63) is 69.6 Å². The van der Waals surface area contributed by atoms with E-state index in [2.05, 4.69) is 17.1 Å². The van der Waals surface area contributed by atoms with Crippen molar-refractivity contribution in [2.45, 2.75) is 20.4 Å². The molecule has 25 heavy (non-hydrogen) atoms. The molecule has 4 aromatic rings. The Hall–Kier alpha value is -2.66. The van der Waals surface area contributed by atoms with Crippen LogP contribution in [0.2, 0.25) is 0 Å². The normalized spacial score (nSPS) is 11.3. The van der Waals surface area contributed by atoms with E-state index in [-0.39, 0.29) is 5.56 Å². The number of fused-ring (bicyclic) bond motifs is 2. The lowest BCUT2D eigenvalue weighted by atomic mass is 10.1. The number of benzene rings is 2. The molecule has 4 nitrogen and oxygen atoms in total. The standard InChI is InChI=1S/C20H18N2O2S/c1-13-14(2)25-19-18(13)20(23)22(12-21-19)9-10-24-17-8-7-15-5-3-4-6-16(15)11-17/h3-8,11-12H,9-10H2,1-2H3. The smallest absolute Gasteiger partial charge is 0.262 e. The van der Waals surface area contributed by atoms with Gasteiger partial charge in [-0.15, -0.1) is 11.3 Å². The Labute approximate surface area is 149 Å². The van der Waals surface area contributed by atoms with Crippen LogP contribution >= 0.6 is 11.3 Å². The minimum absolute atomic E-state index is 0.00830. The average molecular weight is 350 g/mol. The summed E-state index contributed by atoms with van der Waals surface area (Å²) in [7, 11) is 0. The molecule has 0 fully saturated rings. The Morgan fingerprint density at radius 3 is 2.76 bits per heavy atom. The van der Waals surface area contributed by atoms with Gasteiger partial charge in [0.1, 0.15) is 17.2 Å². The zero-order chi connectivity index (χ0) is 17.4. The highest BCUT2D eigenvalue weighted by Crippen LogP contribution is 2.25. The lowest BCUT2D eigenvalue weighted by Crippen LogP contribution is -2.23. The maximum absolute atomic E-state index is 12.7. The van der Waals surface area contributed by atoms with Gasteiger partial charge in [0.15, 0.2) is 0 Å². The van der Waals surface area contributed by atoms with E-state index in [1.165, 1.54) is 5.39 Å². The van der Waals surface area contributed by atoms with Gasteiger partial charge >= 0.3 is 0 Å². The van der Waals surface area contributed by atoms with Crippen LogP contribution in [0.25, 0.3) is 21.0 Å². The molecule has 0 bridgehead atoms. The van der Waals surface area contributed by atoms with Gasteiger partial charge in [-0.25, -0.2) is 4.98 Å². The molecule has 2 aromatic carbocycles. The maximum Gasteiger partial charge on any atom is 0.262 e. The number of aromatic nitrogens is 2.